The van der Waals surface area contributed by atoms with Gasteiger partial charge < -0.3 is 11.1 Å². The van der Waals surface area contributed by atoms with Crippen LogP contribution in [0.1, 0.15) is 25.5 Å². The van der Waals surface area contributed by atoms with Gasteiger partial charge in [0.15, 0.2) is 9.84 Å². The molecule has 0 aromatic heterocycles. The summed E-state index contributed by atoms with van der Waals surface area (Å²) in [5.74, 6) is -1.02. The molecule has 2 rings (SSSR count). The lowest BCUT2D eigenvalue weighted by Crippen LogP contribution is -2.37. The number of hydrogen-bond acceptors (Lipinski definition) is 4. The van der Waals surface area contributed by atoms with Gasteiger partial charge in [0.1, 0.15) is 5.75 Å². The summed E-state index contributed by atoms with van der Waals surface area (Å²) in [6.07, 6.45) is 0. The van der Waals surface area contributed by atoms with Gasteiger partial charge in [-0.25, -0.2) is 8.42 Å². The van der Waals surface area contributed by atoms with Crippen LogP contribution in [0.15, 0.2) is 42.5 Å². The van der Waals surface area contributed by atoms with E-state index in [-0.39, 0.29) is 30.6 Å². The van der Waals surface area contributed by atoms with Crippen molar-refractivity contribution in [1.29, 1.82) is 0 Å². The van der Waals surface area contributed by atoms with Crippen molar-refractivity contribution in [3.8, 4) is 0 Å². The Labute approximate surface area is 155 Å². The Hall–Kier alpha value is -1.63. The van der Waals surface area contributed by atoms with E-state index >= 15 is 0 Å². The van der Waals surface area contributed by atoms with Crippen LogP contribution >= 0.6 is 12.4 Å². The molecule has 5 nitrogen and oxygen atoms in total. The molecule has 0 heterocycles. The van der Waals surface area contributed by atoms with E-state index in [4.69, 9.17) is 5.73 Å². The number of hydrogen-bond donors (Lipinski definition) is 2. The molecule has 1 amide bonds. The molecule has 0 saturated heterocycles. The highest BCUT2D eigenvalue weighted by molar-refractivity contribution is 7.92. The Morgan fingerprint density at radius 1 is 1.12 bits per heavy atom. The highest BCUT2D eigenvalue weighted by atomic mass is 35.5. The minimum Gasteiger partial charge on any atom is -0.347 e. The lowest BCUT2D eigenvalue weighted by Gasteiger charge is -2.18. The number of amides is 1. The van der Waals surface area contributed by atoms with Gasteiger partial charge in [-0.05, 0) is 28.3 Å². The second-order valence-corrected chi connectivity index (χ2v) is 8.52. The molecule has 0 bridgehead atoms. The number of sulfone groups is 1. The second kappa shape index (κ2) is 9.17. The minimum atomic E-state index is -3.40. The van der Waals surface area contributed by atoms with Gasteiger partial charge in [0.25, 0.3) is 0 Å². The Bertz CT molecular complexity index is 822. The molecule has 25 heavy (non-hydrogen) atoms. The number of rotatable bonds is 7. The second-order valence-electron chi connectivity index (χ2n) is 6.41. The summed E-state index contributed by atoms with van der Waals surface area (Å²) in [4.78, 5) is 12.1. The first-order valence-corrected chi connectivity index (χ1v) is 9.81. The quantitative estimate of drug-likeness (QED) is 0.767. The van der Waals surface area contributed by atoms with Crippen LogP contribution in [0.4, 0.5) is 0 Å². The molecular formula is C18H25ClN2O3S. The number of nitrogens with two attached hydrogens (primary N) is 1. The molecule has 1 unspecified atom stereocenters. The molecule has 0 saturated carbocycles. The molecule has 2 aromatic carbocycles. The van der Waals surface area contributed by atoms with Gasteiger partial charge in [-0.15, -0.1) is 12.4 Å². The van der Waals surface area contributed by atoms with E-state index < -0.39 is 27.5 Å². The molecule has 7 heteroatoms. The molecule has 0 aliphatic rings. The Balaban J connectivity index is 0.00000312. The van der Waals surface area contributed by atoms with Crippen molar-refractivity contribution in [1.82, 2.24) is 5.32 Å². The first-order chi connectivity index (χ1) is 11.3. The zero-order chi connectivity index (χ0) is 17.7. The number of benzene rings is 2. The van der Waals surface area contributed by atoms with Crippen molar-refractivity contribution in [2.45, 2.75) is 19.9 Å². The van der Waals surface area contributed by atoms with Gasteiger partial charge in [0.05, 0.1) is 11.8 Å². The highest BCUT2D eigenvalue weighted by Crippen LogP contribution is 2.20. The third-order valence-corrected chi connectivity index (χ3v) is 5.56. The van der Waals surface area contributed by atoms with Crippen molar-refractivity contribution in [2.75, 3.05) is 18.1 Å². The molecule has 3 N–H and O–H groups in total. The molecule has 0 fully saturated rings. The number of fused-ring (bicyclic) bond motifs is 1. The van der Waals surface area contributed by atoms with E-state index in [1.54, 1.807) is 0 Å². The fourth-order valence-corrected chi connectivity index (χ4v) is 4.32. The van der Waals surface area contributed by atoms with Gasteiger partial charge in [-0.1, -0.05) is 50.2 Å². The van der Waals surface area contributed by atoms with E-state index in [2.05, 4.69) is 5.32 Å². The topological polar surface area (TPSA) is 89.3 Å². The standard InChI is InChI=1S/C18H24N2O3S.ClH/c1-13(2)11-24(22,23)12-18(21)20-17(10-19)16-8-7-14-5-3-4-6-15(14)9-16;/h3-9,13,17H,10-12,19H2,1-2H3,(H,20,21);1H. The molecule has 0 aliphatic carbocycles. The molecular weight excluding hydrogens is 360 g/mol. The Morgan fingerprint density at radius 2 is 1.76 bits per heavy atom. The first-order valence-electron chi connectivity index (χ1n) is 7.99. The maximum Gasteiger partial charge on any atom is 0.235 e. The van der Waals surface area contributed by atoms with Crippen molar-refractivity contribution in [3.05, 3.63) is 48.0 Å². The zero-order valence-corrected chi connectivity index (χ0v) is 16.1. The van der Waals surface area contributed by atoms with Crippen molar-refractivity contribution < 1.29 is 13.2 Å². The molecule has 0 aliphatic heterocycles. The summed E-state index contributed by atoms with van der Waals surface area (Å²) < 4.78 is 23.9. The number of halogens is 1. The van der Waals surface area contributed by atoms with Gasteiger partial charge in [-0.3, -0.25) is 4.79 Å². The smallest absolute Gasteiger partial charge is 0.235 e. The lowest BCUT2D eigenvalue weighted by atomic mass is 10.0. The van der Waals surface area contributed by atoms with Crippen LogP contribution in [-0.4, -0.2) is 32.4 Å². The largest absolute Gasteiger partial charge is 0.347 e. The first kappa shape index (κ1) is 21.4. The average Bonchev–Trinajstić information content (AvgIpc) is 2.50. The third-order valence-electron chi connectivity index (χ3n) is 3.69. The summed E-state index contributed by atoms with van der Waals surface area (Å²) >= 11 is 0. The summed E-state index contributed by atoms with van der Waals surface area (Å²) in [5, 5.41) is 4.88. The summed E-state index contributed by atoms with van der Waals surface area (Å²) in [6.45, 7) is 3.83. The van der Waals surface area contributed by atoms with Gasteiger partial charge in [0, 0.05) is 6.54 Å². The maximum absolute atomic E-state index is 12.1. The van der Waals surface area contributed by atoms with E-state index in [0.29, 0.717) is 0 Å². The Kier molecular flexibility index (Phi) is 7.86. The molecule has 138 valence electrons. The van der Waals surface area contributed by atoms with Crippen LogP contribution in [0.2, 0.25) is 0 Å². The maximum atomic E-state index is 12.1. The monoisotopic (exact) mass is 384 g/mol. The summed E-state index contributed by atoms with van der Waals surface area (Å²) in [6, 6.07) is 13.3. The summed E-state index contributed by atoms with van der Waals surface area (Å²) in [5.41, 5.74) is 6.64. The van der Waals surface area contributed by atoms with Gasteiger partial charge in [-0.2, -0.15) is 0 Å². The van der Waals surface area contributed by atoms with Crippen LogP contribution in [0.3, 0.4) is 0 Å². The normalized spacial score (nSPS) is 12.6. The van der Waals surface area contributed by atoms with Gasteiger partial charge >= 0.3 is 0 Å². The number of carbonyl (C=O) groups is 1. The number of carbonyl (C=O) groups excluding carboxylic acids is 1. The zero-order valence-electron chi connectivity index (χ0n) is 14.4. The van der Waals surface area contributed by atoms with Crippen molar-refractivity contribution in [3.63, 3.8) is 0 Å². The summed E-state index contributed by atoms with van der Waals surface area (Å²) in [7, 11) is -3.40. The van der Waals surface area contributed by atoms with Crippen molar-refractivity contribution in [2.24, 2.45) is 11.7 Å². The fourth-order valence-electron chi connectivity index (χ4n) is 2.71. The number of nitrogens with one attached hydrogen (secondary N) is 1. The van der Waals surface area contributed by atoms with E-state index in [1.807, 2.05) is 56.3 Å². The van der Waals surface area contributed by atoms with E-state index in [9.17, 15) is 13.2 Å². The SMILES string of the molecule is CC(C)CS(=O)(=O)CC(=O)NC(CN)c1ccc2ccccc2c1.Cl. The van der Waals surface area contributed by atoms with Crippen molar-refractivity contribution >= 4 is 38.9 Å². The third kappa shape index (κ3) is 6.30. The van der Waals surface area contributed by atoms with Crippen LogP contribution in [0.25, 0.3) is 10.8 Å². The van der Waals surface area contributed by atoms with Crippen LogP contribution in [0.5, 0.6) is 0 Å². The van der Waals surface area contributed by atoms with Gasteiger partial charge in [0.2, 0.25) is 5.91 Å². The Morgan fingerprint density at radius 3 is 2.36 bits per heavy atom. The molecule has 0 spiro atoms. The molecule has 0 radical (unpaired) electrons. The predicted molar refractivity (Wildman–Crippen MR) is 105 cm³/mol. The lowest BCUT2D eigenvalue weighted by molar-refractivity contribution is -0.119. The van der Waals surface area contributed by atoms with E-state index in [1.165, 1.54) is 0 Å². The van der Waals surface area contributed by atoms with Crippen LogP contribution in [-0.2, 0) is 14.6 Å². The average molecular weight is 385 g/mol. The molecule has 1 atom stereocenters. The van der Waals surface area contributed by atoms with Crippen LogP contribution < -0.4 is 11.1 Å². The fraction of sp³-hybridized carbons (Fsp3) is 0.389. The minimum absolute atomic E-state index is 0. The molecule has 2 aromatic rings. The van der Waals surface area contributed by atoms with E-state index in [0.717, 1.165) is 16.3 Å². The predicted octanol–water partition coefficient (Wildman–Crippen LogP) is 2.45. The highest BCUT2D eigenvalue weighted by Gasteiger charge is 2.21. The van der Waals surface area contributed by atoms with Crippen LogP contribution in [0, 0.1) is 5.92 Å².